The van der Waals surface area contributed by atoms with E-state index in [9.17, 15) is 13.2 Å². The zero-order valence-electron chi connectivity index (χ0n) is 15.5. The number of anilines is 1. The summed E-state index contributed by atoms with van der Waals surface area (Å²) in [7, 11) is -3.55. The van der Waals surface area contributed by atoms with Gasteiger partial charge in [-0.15, -0.1) is 0 Å². The number of amides is 1. The van der Waals surface area contributed by atoms with Crippen molar-refractivity contribution in [3.05, 3.63) is 59.2 Å². The average Bonchev–Trinajstić information content (AvgIpc) is 2.64. The molecule has 2 N–H and O–H groups in total. The van der Waals surface area contributed by atoms with Crippen LogP contribution in [-0.4, -0.2) is 37.4 Å². The lowest BCUT2D eigenvalue weighted by Gasteiger charge is -2.45. The smallest absolute Gasteiger partial charge is 0.255 e. The fourth-order valence-electron chi connectivity index (χ4n) is 3.85. The Morgan fingerprint density at radius 3 is 2.44 bits per heavy atom. The molecular formula is C20H23N3O3S. The quantitative estimate of drug-likeness (QED) is 0.833. The van der Waals surface area contributed by atoms with Gasteiger partial charge in [-0.3, -0.25) is 4.79 Å². The molecule has 0 bridgehead atoms. The van der Waals surface area contributed by atoms with Crippen LogP contribution in [0.2, 0.25) is 0 Å². The second-order valence-corrected chi connectivity index (χ2v) is 9.29. The van der Waals surface area contributed by atoms with Crippen molar-refractivity contribution in [1.29, 1.82) is 0 Å². The third-order valence-electron chi connectivity index (χ3n) is 5.44. The summed E-state index contributed by atoms with van der Waals surface area (Å²) in [5, 5.41) is 6.47. The molecule has 7 heteroatoms. The van der Waals surface area contributed by atoms with E-state index in [4.69, 9.17) is 0 Å². The zero-order chi connectivity index (χ0) is 19.2. The van der Waals surface area contributed by atoms with Gasteiger partial charge in [0.15, 0.2) is 0 Å². The molecule has 2 aromatic carbocycles. The van der Waals surface area contributed by atoms with E-state index < -0.39 is 15.7 Å². The summed E-state index contributed by atoms with van der Waals surface area (Å²) in [6.07, 6.45) is 1.02. The molecule has 1 fully saturated rings. The van der Waals surface area contributed by atoms with Gasteiger partial charge in [0, 0.05) is 31.6 Å². The van der Waals surface area contributed by atoms with Crippen molar-refractivity contribution < 1.29 is 13.2 Å². The maximum Gasteiger partial charge on any atom is 0.255 e. The van der Waals surface area contributed by atoms with Crippen LogP contribution in [0.15, 0.2) is 47.4 Å². The minimum absolute atomic E-state index is 0.116. The first-order valence-electron chi connectivity index (χ1n) is 9.08. The molecule has 0 atom stereocenters. The van der Waals surface area contributed by atoms with Crippen molar-refractivity contribution in [2.45, 2.75) is 37.2 Å². The van der Waals surface area contributed by atoms with Crippen LogP contribution in [-0.2, 0) is 10.0 Å². The second kappa shape index (κ2) is 6.35. The lowest BCUT2D eigenvalue weighted by molar-refractivity contribution is 0.0865. The number of para-hydroxylation sites is 1. The van der Waals surface area contributed by atoms with E-state index in [0.717, 1.165) is 16.8 Å². The Bertz CT molecular complexity index is 1010. The molecule has 6 nitrogen and oxygen atoms in total. The predicted molar refractivity (Wildman–Crippen MR) is 104 cm³/mol. The minimum atomic E-state index is -3.55. The van der Waals surface area contributed by atoms with Crippen molar-refractivity contribution >= 4 is 21.6 Å². The molecular weight excluding hydrogens is 362 g/mol. The Morgan fingerprint density at radius 1 is 1.00 bits per heavy atom. The summed E-state index contributed by atoms with van der Waals surface area (Å²) < 4.78 is 27.7. The van der Waals surface area contributed by atoms with Gasteiger partial charge in [-0.25, -0.2) is 8.42 Å². The molecule has 2 heterocycles. The van der Waals surface area contributed by atoms with Crippen LogP contribution in [0, 0.1) is 13.8 Å². The van der Waals surface area contributed by atoms with Gasteiger partial charge in [0.05, 0.1) is 10.5 Å². The lowest BCUT2D eigenvalue weighted by atomic mass is 9.93. The molecule has 2 aliphatic heterocycles. The standard InChI is InChI=1S/C20H23N3O3S/c1-14-7-8-15(2)18(13-14)27(25,26)23-11-9-20(10-12-23)21-17-6-4-3-5-16(17)19(24)22-20/h3-8,13,21H,9-12H2,1-2H3,(H,22,24). The molecule has 0 radical (unpaired) electrons. The molecule has 0 aromatic heterocycles. The van der Waals surface area contributed by atoms with Gasteiger partial charge in [0.2, 0.25) is 10.0 Å². The van der Waals surface area contributed by atoms with E-state index in [0.29, 0.717) is 36.4 Å². The van der Waals surface area contributed by atoms with Gasteiger partial charge >= 0.3 is 0 Å². The number of fused-ring (bicyclic) bond motifs is 1. The van der Waals surface area contributed by atoms with E-state index in [1.807, 2.05) is 44.2 Å². The monoisotopic (exact) mass is 385 g/mol. The summed E-state index contributed by atoms with van der Waals surface area (Å²) in [6, 6.07) is 12.9. The summed E-state index contributed by atoms with van der Waals surface area (Å²) in [5.74, 6) is -0.116. The van der Waals surface area contributed by atoms with Crippen LogP contribution in [0.5, 0.6) is 0 Å². The van der Waals surface area contributed by atoms with Gasteiger partial charge in [0.1, 0.15) is 5.66 Å². The Morgan fingerprint density at radius 2 is 1.70 bits per heavy atom. The molecule has 1 amide bonds. The molecule has 0 saturated carbocycles. The van der Waals surface area contributed by atoms with E-state index in [2.05, 4.69) is 10.6 Å². The number of sulfonamides is 1. The maximum absolute atomic E-state index is 13.1. The molecule has 2 aliphatic rings. The molecule has 0 unspecified atom stereocenters. The highest BCUT2D eigenvalue weighted by molar-refractivity contribution is 7.89. The lowest BCUT2D eigenvalue weighted by Crippen LogP contribution is -2.62. The third-order valence-corrected chi connectivity index (χ3v) is 7.48. The summed E-state index contributed by atoms with van der Waals surface area (Å²) in [5.41, 5.74) is 2.49. The van der Waals surface area contributed by atoms with Crippen LogP contribution in [0.4, 0.5) is 5.69 Å². The zero-order valence-corrected chi connectivity index (χ0v) is 16.3. The first-order chi connectivity index (χ1) is 12.8. The van der Waals surface area contributed by atoms with E-state index >= 15 is 0 Å². The Hall–Kier alpha value is -2.38. The first-order valence-corrected chi connectivity index (χ1v) is 10.5. The second-order valence-electron chi connectivity index (χ2n) is 7.38. The number of nitrogens with one attached hydrogen (secondary N) is 2. The number of hydrogen-bond acceptors (Lipinski definition) is 4. The number of rotatable bonds is 2. The number of carbonyl (C=O) groups excluding carboxylic acids is 1. The number of piperidine rings is 1. The van der Waals surface area contributed by atoms with Crippen LogP contribution in [0.25, 0.3) is 0 Å². The molecule has 1 saturated heterocycles. The third kappa shape index (κ3) is 3.11. The minimum Gasteiger partial charge on any atom is -0.362 e. The number of carbonyl (C=O) groups is 1. The largest absolute Gasteiger partial charge is 0.362 e. The van der Waals surface area contributed by atoms with Crippen LogP contribution < -0.4 is 10.6 Å². The molecule has 0 aliphatic carbocycles. The number of hydrogen-bond donors (Lipinski definition) is 2. The number of aryl methyl sites for hydroxylation is 2. The molecule has 2 aromatic rings. The fraction of sp³-hybridized carbons (Fsp3) is 0.350. The summed E-state index contributed by atoms with van der Waals surface area (Å²) in [4.78, 5) is 12.8. The predicted octanol–water partition coefficient (Wildman–Crippen LogP) is 2.64. The molecule has 4 rings (SSSR count). The van der Waals surface area contributed by atoms with E-state index in [-0.39, 0.29) is 5.91 Å². The molecule has 1 spiro atoms. The Balaban J connectivity index is 1.56. The molecule has 142 valence electrons. The van der Waals surface area contributed by atoms with Crippen molar-refractivity contribution in [2.24, 2.45) is 0 Å². The number of benzene rings is 2. The fourth-order valence-corrected chi connectivity index (χ4v) is 5.60. The van der Waals surface area contributed by atoms with Crippen LogP contribution >= 0.6 is 0 Å². The summed E-state index contributed by atoms with van der Waals surface area (Å²) in [6.45, 7) is 4.41. The van der Waals surface area contributed by atoms with Crippen LogP contribution in [0.1, 0.15) is 34.3 Å². The van der Waals surface area contributed by atoms with Gasteiger partial charge in [-0.1, -0.05) is 24.3 Å². The SMILES string of the molecule is Cc1ccc(C)c(S(=O)(=O)N2CCC3(CC2)NC(=O)c2ccccc2N3)c1. The van der Waals surface area contributed by atoms with Crippen LogP contribution in [0.3, 0.4) is 0 Å². The van der Waals surface area contributed by atoms with Gasteiger partial charge < -0.3 is 10.6 Å². The Labute approximate surface area is 159 Å². The van der Waals surface area contributed by atoms with Crippen molar-refractivity contribution in [3.8, 4) is 0 Å². The van der Waals surface area contributed by atoms with Crippen molar-refractivity contribution in [3.63, 3.8) is 0 Å². The van der Waals surface area contributed by atoms with Gasteiger partial charge in [-0.2, -0.15) is 4.31 Å². The van der Waals surface area contributed by atoms with Crippen molar-refractivity contribution in [2.75, 3.05) is 18.4 Å². The highest BCUT2D eigenvalue weighted by atomic mass is 32.2. The average molecular weight is 385 g/mol. The maximum atomic E-state index is 13.1. The van der Waals surface area contributed by atoms with E-state index in [1.54, 1.807) is 12.1 Å². The first kappa shape index (κ1) is 18.0. The van der Waals surface area contributed by atoms with Crippen molar-refractivity contribution in [1.82, 2.24) is 9.62 Å². The number of nitrogens with zero attached hydrogens (tertiary/aromatic N) is 1. The van der Waals surface area contributed by atoms with Gasteiger partial charge in [0.25, 0.3) is 5.91 Å². The highest BCUT2D eigenvalue weighted by Crippen LogP contribution is 2.33. The topological polar surface area (TPSA) is 78.5 Å². The Kier molecular flexibility index (Phi) is 4.24. The normalized spacial score (nSPS) is 19.3. The van der Waals surface area contributed by atoms with Gasteiger partial charge in [-0.05, 0) is 43.2 Å². The summed E-state index contributed by atoms with van der Waals surface area (Å²) >= 11 is 0. The highest BCUT2D eigenvalue weighted by Gasteiger charge is 2.42. The molecule has 27 heavy (non-hydrogen) atoms. The van der Waals surface area contributed by atoms with E-state index in [1.165, 1.54) is 4.31 Å².